The molecule has 1 unspecified atom stereocenters. The van der Waals surface area contributed by atoms with Crippen molar-refractivity contribution in [1.82, 2.24) is 0 Å². The molecule has 1 aromatic rings. The topological polar surface area (TPSA) is 26.3 Å². The van der Waals surface area contributed by atoms with Gasteiger partial charge >= 0.3 is 0 Å². The summed E-state index contributed by atoms with van der Waals surface area (Å²) in [5.74, 6) is 1.24. The Morgan fingerprint density at radius 1 is 1.33 bits per heavy atom. The zero-order valence-electron chi connectivity index (χ0n) is 9.19. The maximum Gasteiger partial charge on any atom is 0.140 e. The number of hydrogen-bond acceptors (Lipinski definition) is 2. The Morgan fingerprint density at radius 2 is 2.00 bits per heavy atom. The molecular formula is C13H16O2. The van der Waals surface area contributed by atoms with E-state index >= 15 is 0 Å². The zero-order valence-corrected chi connectivity index (χ0v) is 9.19. The Morgan fingerprint density at radius 3 is 2.53 bits per heavy atom. The van der Waals surface area contributed by atoms with Crippen LogP contribution in [0.1, 0.15) is 20.3 Å². The smallest absolute Gasteiger partial charge is 0.140 e. The van der Waals surface area contributed by atoms with Gasteiger partial charge in [0, 0.05) is 6.42 Å². The minimum atomic E-state index is 0.0673. The van der Waals surface area contributed by atoms with Crippen LogP contribution in [0.5, 0.6) is 5.75 Å². The largest absolute Gasteiger partial charge is 0.493 e. The Bertz CT molecular complexity index is 354. The van der Waals surface area contributed by atoms with Gasteiger partial charge in [0.25, 0.3) is 0 Å². The van der Waals surface area contributed by atoms with E-state index in [1.54, 1.807) is 0 Å². The van der Waals surface area contributed by atoms with Gasteiger partial charge in [-0.05, 0) is 17.5 Å². The third kappa shape index (κ3) is 2.04. The van der Waals surface area contributed by atoms with Gasteiger partial charge in [0.15, 0.2) is 0 Å². The summed E-state index contributed by atoms with van der Waals surface area (Å²) < 4.78 is 5.60. The summed E-state index contributed by atoms with van der Waals surface area (Å²) in [6, 6.07) is 9.64. The second-order valence-electron chi connectivity index (χ2n) is 4.81. The van der Waals surface area contributed by atoms with Crippen LogP contribution < -0.4 is 4.74 Å². The lowest BCUT2D eigenvalue weighted by molar-refractivity contribution is -0.142. The van der Waals surface area contributed by atoms with Crippen LogP contribution in [0.3, 0.4) is 0 Å². The summed E-state index contributed by atoms with van der Waals surface area (Å²) in [7, 11) is 0. The molecule has 0 heterocycles. The van der Waals surface area contributed by atoms with Crippen molar-refractivity contribution in [2.24, 2.45) is 11.3 Å². The molecule has 0 spiro atoms. The minimum absolute atomic E-state index is 0.0673. The predicted molar refractivity (Wildman–Crippen MR) is 58.8 cm³/mol. The number of carbonyl (C=O) groups is 1. The van der Waals surface area contributed by atoms with Gasteiger partial charge in [-0.3, -0.25) is 4.79 Å². The maximum atomic E-state index is 11.4. The van der Waals surface area contributed by atoms with E-state index in [1.807, 2.05) is 30.3 Å². The molecule has 0 saturated heterocycles. The summed E-state index contributed by atoms with van der Waals surface area (Å²) in [6.07, 6.45) is 0.690. The van der Waals surface area contributed by atoms with E-state index in [4.69, 9.17) is 4.74 Å². The van der Waals surface area contributed by atoms with Gasteiger partial charge < -0.3 is 4.74 Å². The summed E-state index contributed by atoms with van der Waals surface area (Å²) >= 11 is 0. The summed E-state index contributed by atoms with van der Waals surface area (Å²) in [4.78, 5) is 11.4. The van der Waals surface area contributed by atoms with Crippen molar-refractivity contribution in [1.29, 1.82) is 0 Å². The first-order valence-electron chi connectivity index (χ1n) is 5.30. The molecule has 2 rings (SSSR count). The third-order valence-electron chi connectivity index (χ3n) is 3.12. The number of carbonyl (C=O) groups excluding carboxylic acids is 1. The van der Waals surface area contributed by atoms with Crippen LogP contribution in [-0.2, 0) is 4.79 Å². The van der Waals surface area contributed by atoms with Crippen molar-refractivity contribution in [3.8, 4) is 5.75 Å². The molecule has 2 heteroatoms. The summed E-state index contributed by atoms with van der Waals surface area (Å²) in [5.41, 5.74) is 0.117. The number of ether oxygens (including phenoxy) is 1. The van der Waals surface area contributed by atoms with Gasteiger partial charge in [0.1, 0.15) is 11.5 Å². The van der Waals surface area contributed by atoms with Crippen LogP contribution in [0.15, 0.2) is 30.3 Å². The average molecular weight is 204 g/mol. The standard InChI is InChI=1S/C13H16O2/c1-13(2)8-12(14)11(13)9-15-10-6-4-3-5-7-10/h3-7,11H,8-9H2,1-2H3. The molecule has 0 amide bonds. The number of para-hydroxylation sites is 1. The average Bonchev–Trinajstić information content (AvgIpc) is 2.18. The molecule has 0 N–H and O–H groups in total. The van der Waals surface area contributed by atoms with Crippen LogP contribution in [0.25, 0.3) is 0 Å². The molecule has 0 radical (unpaired) electrons. The van der Waals surface area contributed by atoms with Crippen molar-refractivity contribution in [2.75, 3.05) is 6.61 Å². The highest BCUT2D eigenvalue weighted by Gasteiger charge is 2.46. The Hall–Kier alpha value is -1.31. The fourth-order valence-electron chi connectivity index (χ4n) is 2.01. The first-order valence-corrected chi connectivity index (χ1v) is 5.30. The van der Waals surface area contributed by atoms with Gasteiger partial charge in [-0.2, -0.15) is 0 Å². The van der Waals surface area contributed by atoms with Crippen molar-refractivity contribution >= 4 is 5.78 Å². The van der Waals surface area contributed by atoms with E-state index in [1.165, 1.54) is 0 Å². The lowest BCUT2D eigenvalue weighted by Crippen LogP contribution is -2.47. The molecule has 0 aromatic heterocycles. The van der Waals surface area contributed by atoms with Gasteiger partial charge in [-0.1, -0.05) is 32.0 Å². The monoisotopic (exact) mass is 204 g/mol. The number of hydrogen-bond donors (Lipinski definition) is 0. The molecule has 1 atom stereocenters. The first-order chi connectivity index (χ1) is 7.09. The number of ketones is 1. The maximum absolute atomic E-state index is 11.4. The van der Waals surface area contributed by atoms with Gasteiger partial charge in [-0.25, -0.2) is 0 Å². The van der Waals surface area contributed by atoms with Crippen molar-refractivity contribution < 1.29 is 9.53 Å². The highest BCUT2D eigenvalue weighted by atomic mass is 16.5. The fraction of sp³-hybridized carbons (Fsp3) is 0.462. The second kappa shape index (κ2) is 3.69. The number of Topliss-reactive ketones (excluding diaryl/α,β-unsaturated/α-hetero) is 1. The van der Waals surface area contributed by atoms with Crippen molar-refractivity contribution in [3.63, 3.8) is 0 Å². The minimum Gasteiger partial charge on any atom is -0.493 e. The van der Waals surface area contributed by atoms with Crippen LogP contribution >= 0.6 is 0 Å². The molecule has 0 aliphatic heterocycles. The molecule has 0 bridgehead atoms. The van der Waals surface area contributed by atoms with Crippen molar-refractivity contribution in [2.45, 2.75) is 20.3 Å². The lowest BCUT2D eigenvalue weighted by Gasteiger charge is -2.42. The van der Waals surface area contributed by atoms with E-state index in [2.05, 4.69) is 13.8 Å². The second-order valence-corrected chi connectivity index (χ2v) is 4.81. The van der Waals surface area contributed by atoms with Gasteiger partial charge in [0.05, 0.1) is 12.5 Å². The first kappa shape index (κ1) is 10.2. The normalized spacial score (nSPS) is 23.3. The van der Waals surface area contributed by atoms with E-state index in [0.29, 0.717) is 18.8 Å². The molecule has 80 valence electrons. The van der Waals surface area contributed by atoms with Gasteiger partial charge in [0.2, 0.25) is 0 Å². The molecular weight excluding hydrogens is 188 g/mol. The highest BCUT2D eigenvalue weighted by molar-refractivity contribution is 5.88. The van der Waals surface area contributed by atoms with Crippen LogP contribution in [-0.4, -0.2) is 12.4 Å². The van der Waals surface area contributed by atoms with Crippen LogP contribution in [0, 0.1) is 11.3 Å². The predicted octanol–water partition coefficient (Wildman–Crippen LogP) is 2.68. The van der Waals surface area contributed by atoms with Gasteiger partial charge in [-0.15, -0.1) is 0 Å². The Balaban J connectivity index is 1.92. The summed E-state index contributed by atoms with van der Waals surface area (Å²) in [5, 5.41) is 0. The molecule has 1 aliphatic rings. The van der Waals surface area contributed by atoms with E-state index in [0.717, 1.165) is 5.75 Å². The fourth-order valence-corrected chi connectivity index (χ4v) is 2.01. The Labute approximate surface area is 90.3 Å². The molecule has 1 aliphatic carbocycles. The molecule has 2 nitrogen and oxygen atoms in total. The van der Waals surface area contributed by atoms with E-state index < -0.39 is 0 Å². The molecule has 1 aromatic carbocycles. The molecule has 1 fully saturated rings. The van der Waals surface area contributed by atoms with Crippen LogP contribution in [0.4, 0.5) is 0 Å². The Kier molecular flexibility index (Phi) is 2.51. The number of rotatable bonds is 3. The quantitative estimate of drug-likeness (QED) is 0.756. The van der Waals surface area contributed by atoms with Crippen molar-refractivity contribution in [3.05, 3.63) is 30.3 Å². The SMILES string of the molecule is CC1(C)CC(=O)C1COc1ccccc1. The molecule has 15 heavy (non-hydrogen) atoms. The van der Waals surface area contributed by atoms with E-state index in [-0.39, 0.29) is 11.3 Å². The van der Waals surface area contributed by atoms with E-state index in [9.17, 15) is 4.79 Å². The van der Waals surface area contributed by atoms with Crippen LogP contribution in [0.2, 0.25) is 0 Å². The zero-order chi connectivity index (χ0) is 10.9. The summed E-state index contributed by atoms with van der Waals surface area (Å²) in [6.45, 7) is 4.75. The lowest BCUT2D eigenvalue weighted by atomic mass is 9.62. The molecule has 1 saturated carbocycles. The number of benzene rings is 1. The highest BCUT2D eigenvalue weighted by Crippen LogP contribution is 2.42. The third-order valence-corrected chi connectivity index (χ3v) is 3.12.